The number of alkyl halides is 3. The third kappa shape index (κ3) is 4.85. The summed E-state index contributed by atoms with van der Waals surface area (Å²) in [5.74, 6) is -1.81. The molecule has 0 radical (unpaired) electrons. The van der Waals surface area contributed by atoms with Gasteiger partial charge < -0.3 is 9.47 Å². The molecule has 26 heavy (non-hydrogen) atoms. The van der Waals surface area contributed by atoms with Crippen molar-refractivity contribution in [1.82, 2.24) is 9.71 Å². The van der Waals surface area contributed by atoms with Gasteiger partial charge in [0.2, 0.25) is 0 Å². The zero-order valence-electron chi connectivity index (χ0n) is 12.9. The molecule has 0 fully saturated rings. The van der Waals surface area contributed by atoms with E-state index in [-0.39, 0.29) is 10.3 Å². The number of hydrogen-bond donors (Lipinski definition) is 1. The molecule has 0 saturated carbocycles. The fraction of sp³-hybridized carbons (Fsp3) is 0.143. The SMILES string of the molecule is COc1ccc(C(=O)NS(=O)(=O)c2ccccc2OC(F)(F)F)nc1Br. The second kappa shape index (κ2) is 7.50. The fourth-order valence-corrected chi connectivity index (χ4v) is 3.39. The van der Waals surface area contributed by atoms with Crippen LogP contribution in [0.1, 0.15) is 10.5 Å². The first kappa shape index (κ1) is 20.0. The minimum absolute atomic E-state index is 0.144. The van der Waals surface area contributed by atoms with Crippen LogP contribution in [0.4, 0.5) is 13.2 Å². The van der Waals surface area contributed by atoms with Crippen LogP contribution in [0.3, 0.4) is 0 Å². The van der Waals surface area contributed by atoms with Crippen LogP contribution in [0.25, 0.3) is 0 Å². The number of methoxy groups -OCH3 is 1. The largest absolute Gasteiger partial charge is 0.573 e. The van der Waals surface area contributed by atoms with Crippen molar-refractivity contribution in [3.63, 3.8) is 0 Å². The molecule has 0 bridgehead atoms. The van der Waals surface area contributed by atoms with Crippen molar-refractivity contribution in [2.75, 3.05) is 7.11 Å². The molecule has 7 nitrogen and oxygen atoms in total. The van der Waals surface area contributed by atoms with Crippen molar-refractivity contribution < 1.29 is 35.9 Å². The van der Waals surface area contributed by atoms with Crippen LogP contribution in [0, 0.1) is 0 Å². The molecule has 0 atom stereocenters. The van der Waals surface area contributed by atoms with Crippen molar-refractivity contribution >= 4 is 31.9 Å². The van der Waals surface area contributed by atoms with E-state index in [0.717, 1.165) is 18.2 Å². The Morgan fingerprint density at radius 1 is 1.15 bits per heavy atom. The summed E-state index contributed by atoms with van der Waals surface area (Å²) >= 11 is 3.03. The maximum Gasteiger partial charge on any atom is 0.573 e. The first-order valence-corrected chi connectivity index (χ1v) is 8.93. The summed E-state index contributed by atoms with van der Waals surface area (Å²) in [5.41, 5.74) is -0.296. The molecule has 1 amide bonds. The molecule has 0 unspecified atom stereocenters. The van der Waals surface area contributed by atoms with E-state index >= 15 is 0 Å². The summed E-state index contributed by atoms with van der Waals surface area (Å²) in [6.07, 6.45) is -5.10. The lowest BCUT2D eigenvalue weighted by atomic mass is 10.3. The van der Waals surface area contributed by atoms with Crippen LogP contribution < -0.4 is 14.2 Å². The number of para-hydroxylation sites is 1. The summed E-state index contributed by atoms with van der Waals surface area (Å²) in [5, 5.41) is 0. The molecular weight excluding hydrogens is 445 g/mol. The second-order valence-corrected chi connectivity index (χ2v) is 7.02. The average Bonchev–Trinajstić information content (AvgIpc) is 2.53. The van der Waals surface area contributed by atoms with Gasteiger partial charge in [-0.2, -0.15) is 0 Å². The van der Waals surface area contributed by atoms with E-state index in [1.165, 1.54) is 25.3 Å². The highest BCUT2D eigenvalue weighted by atomic mass is 79.9. The van der Waals surface area contributed by atoms with Crippen LogP contribution in [-0.2, 0) is 10.0 Å². The van der Waals surface area contributed by atoms with E-state index in [1.807, 2.05) is 0 Å². The molecule has 1 aromatic carbocycles. The molecule has 1 aromatic heterocycles. The first-order valence-electron chi connectivity index (χ1n) is 6.66. The molecule has 1 N–H and O–H groups in total. The molecule has 1 heterocycles. The van der Waals surface area contributed by atoms with Gasteiger partial charge in [0, 0.05) is 0 Å². The lowest BCUT2D eigenvalue weighted by Gasteiger charge is -2.14. The van der Waals surface area contributed by atoms with Crippen LogP contribution in [-0.4, -0.2) is 32.8 Å². The van der Waals surface area contributed by atoms with Gasteiger partial charge in [-0.1, -0.05) is 12.1 Å². The van der Waals surface area contributed by atoms with Crippen LogP contribution >= 0.6 is 15.9 Å². The molecule has 2 rings (SSSR count). The number of benzene rings is 1. The van der Waals surface area contributed by atoms with Crippen molar-refractivity contribution in [3.05, 3.63) is 46.7 Å². The molecule has 140 valence electrons. The van der Waals surface area contributed by atoms with Crippen molar-refractivity contribution in [2.24, 2.45) is 0 Å². The standard InChI is InChI=1S/C14H10BrF3N2O5S/c1-24-10-7-6-8(19-12(10)15)13(21)20-26(22,23)11-5-3-2-4-9(11)25-14(16,17)18/h2-7H,1H3,(H,20,21). The van der Waals surface area contributed by atoms with Gasteiger partial charge >= 0.3 is 6.36 Å². The number of sulfonamides is 1. The third-order valence-electron chi connectivity index (χ3n) is 2.86. The predicted molar refractivity (Wildman–Crippen MR) is 86.3 cm³/mol. The van der Waals surface area contributed by atoms with Crippen molar-refractivity contribution in [1.29, 1.82) is 0 Å². The van der Waals surface area contributed by atoms with Gasteiger partial charge in [-0.25, -0.2) is 18.1 Å². The zero-order valence-corrected chi connectivity index (χ0v) is 15.3. The molecule has 12 heteroatoms. The van der Waals surface area contributed by atoms with E-state index in [4.69, 9.17) is 4.74 Å². The van der Waals surface area contributed by atoms with E-state index in [2.05, 4.69) is 25.7 Å². The molecule has 0 saturated heterocycles. The number of halogens is 4. The normalized spacial score (nSPS) is 11.7. The maximum atomic E-state index is 12.4. The minimum Gasteiger partial charge on any atom is -0.494 e. The topological polar surface area (TPSA) is 94.6 Å². The van der Waals surface area contributed by atoms with Crippen molar-refractivity contribution in [3.8, 4) is 11.5 Å². The fourth-order valence-electron chi connectivity index (χ4n) is 1.81. The maximum absolute atomic E-state index is 12.4. The molecule has 0 spiro atoms. The number of aromatic nitrogens is 1. The van der Waals surface area contributed by atoms with Gasteiger partial charge in [-0.05, 0) is 40.2 Å². The van der Waals surface area contributed by atoms with E-state index in [9.17, 15) is 26.4 Å². The van der Waals surface area contributed by atoms with E-state index in [1.54, 1.807) is 4.72 Å². The number of rotatable bonds is 5. The molecular formula is C14H10BrF3N2O5S. The van der Waals surface area contributed by atoms with Crippen molar-refractivity contribution in [2.45, 2.75) is 11.3 Å². The summed E-state index contributed by atoms with van der Waals surface area (Å²) in [4.78, 5) is 15.1. The predicted octanol–water partition coefficient (Wildman–Crippen LogP) is 2.87. The second-order valence-electron chi connectivity index (χ2n) is 4.62. The monoisotopic (exact) mass is 454 g/mol. The zero-order chi connectivity index (χ0) is 19.5. The summed E-state index contributed by atoms with van der Waals surface area (Å²) in [6.45, 7) is 0. The number of carbonyl (C=O) groups is 1. The molecule has 2 aromatic rings. The number of pyridine rings is 1. The Morgan fingerprint density at radius 3 is 2.38 bits per heavy atom. The Bertz CT molecular complexity index is 934. The third-order valence-corrected chi connectivity index (χ3v) is 4.80. The Kier molecular flexibility index (Phi) is 5.76. The average molecular weight is 455 g/mol. The van der Waals surface area contributed by atoms with Gasteiger partial charge in [-0.15, -0.1) is 13.2 Å². The Labute approximate surface area is 154 Å². The van der Waals surface area contributed by atoms with E-state index < -0.39 is 32.9 Å². The first-order chi connectivity index (χ1) is 12.0. The lowest BCUT2D eigenvalue weighted by Crippen LogP contribution is -2.32. The van der Waals surface area contributed by atoms with E-state index in [0.29, 0.717) is 5.75 Å². The van der Waals surface area contributed by atoms with Gasteiger partial charge in [-0.3, -0.25) is 4.79 Å². The lowest BCUT2D eigenvalue weighted by molar-refractivity contribution is -0.275. The quantitative estimate of drug-likeness (QED) is 0.698. The van der Waals surface area contributed by atoms with Crippen LogP contribution in [0.2, 0.25) is 0 Å². The Balaban J connectivity index is 2.32. The highest BCUT2D eigenvalue weighted by molar-refractivity contribution is 9.10. The summed E-state index contributed by atoms with van der Waals surface area (Å²) < 4.78 is 72.2. The van der Waals surface area contributed by atoms with Gasteiger partial charge in [0.15, 0.2) is 5.75 Å². The number of nitrogens with one attached hydrogen (secondary N) is 1. The number of amides is 1. The summed E-state index contributed by atoms with van der Waals surface area (Å²) in [7, 11) is -3.29. The minimum atomic E-state index is -5.10. The van der Waals surface area contributed by atoms with Gasteiger partial charge in [0.25, 0.3) is 15.9 Å². The number of ether oxygens (including phenoxy) is 2. The highest BCUT2D eigenvalue weighted by Crippen LogP contribution is 2.29. The highest BCUT2D eigenvalue weighted by Gasteiger charge is 2.34. The van der Waals surface area contributed by atoms with Crippen LogP contribution in [0.15, 0.2) is 45.9 Å². The Morgan fingerprint density at radius 2 is 1.81 bits per heavy atom. The summed E-state index contributed by atoms with van der Waals surface area (Å²) in [6, 6.07) is 6.57. The Hall–Kier alpha value is -2.34. The molecule has 0 aliphatic heterocycles. The van der Waals surface area contributed by atoms with Gasteiger partial charge in [0.05, 0.1) is 7.11 Å². The number of nitrogens with zero attached hydrogens (tertiary/aromatic N) is 1. The number of hydrogen-bond acceptors (Lipinski definition) is 6. The molecule has 0 aliphatic carbocycles. The smallest absolute Gasteiger partial charge is 0.494 e. The van der Waals surface area contributed by atoms with Crippen LogP contribution in [0.5, 0.6) is 11.5 Å². The molecule has 0 aliphatic rings. The number of carbonyl (C=O) groups excluding carboxylic acids is 1. The van der Waals surface area contributed by atoms with Gasteiger partial charge in [0.1, 0.15) is 20.9 Å².